The number of hydrogen-bond donors (Lipinski definition) is 1. The molecule has 0 aliphatic rings. The van der Waals surface area contributed by atoms with E-state index >= 15 is 0 Å². The predicted octanol–water partition coefficient (Wildman–Crippen LogP) is 0.334. The molecule has 0 unspecified atom stereocenters. The first-order valence-corrected chi connectivity index (χ1v) is 6.77. The summed E-state index contributed by atoms with van der Waals surface area (Å²) < 4.78 is 39.6. The number of pyridine rings is 1. The first-order valence-electron chi connectivity index (χ1n) is 6.77. The summed E-state index contributed by atoms with van der Waals surface area (Å²) in [6, 6.07) is 8.45. The number of aromatic nitrogens is 1. The van der Waals surface area contributed by atoms with Crippen molar-refractivity contribution < 1.29 is 39.5 Å². The lowest BCUT2D eigenvalue weighted by molar-refractivity contribution is -0.695. The molecular formula is C16H16BrF3N2O. The summed E-state index contributed by atoms with van der Waals surface area (Å²) in [5, 5.41) is 2.48. The quantitative estimate of drug-likeness (QED) is 0.752. The van der Waals surface area contributed by atoms with Gasteiger partial charge in [-0.2, -0.15) is 13.2 Å². The minimum absolute atomic E-state index is 0. The van der Waals surface area contributed by atoms with Gasteiger partial charge in [-0.1, -0.05) is 6.07 Å². The maximum absolute atomic E-state index is 12.6. The predicted molar refractivity (Wildman–Crippen MR) is 76.1 cm³/mol. The Balaban J connectivity index is 0.00000264. The Labute approximate surface area is 142 Å². The SMILES string of the molecule is Cc1cc[n+](CCC(=O)Nc2cccc(C(F)(F)F)c2)cc1.[Br-]. The molecule has 1 N–H and O–H groups in total. The minimum atomic E-state index is -4.42. The van der Waals surface area contributed by atoms with E-state index in [0.717, 1.165) is 17.7 Å². The van der Waals surface area contributed by atoms with Crippen molar-refractivity contribution in [2.24, 2.45) is 0 Å². The van der Waals surface area contributed by atoms with Gasteiger partial charge in [-0.3, -0.25) is 4.79 Å². The number of alkyl halides is 3. The van der Waals surface area contributed by atoms with E-state index in [2.05, 4.69) is 5.32 Å². The summed E-state index contributed by atoms with van der Waals surface area (Å²) >= 11 is 0. The highest BCUT2D eigenvalue weighted by Gasteiger charge is 2.30. The van der Waals surface area contributed by atoms with Crippen molar-refractivity contribution in [3.05, 3.63) is 59.9 Å². The highest BCUT2D eigenvalue weighted by molar-refractivity contribution is 5.90. The zero-order valence-corrected chi connectivity index (χ0v) is 14.0. The van der Waals surface area contributed by atoms with E-state index in [1.807, 2.05) is 36.0 Å². The first-order chi connectivity index (χ1) is 10.3. The fraction of sp³-hybridized carbons (Fsp3) is 0.250. The number of halogens is 4. The molecule has 1 aromatic carbocycles. The van der Waals surface area contributed by atoms with Gasteiger partial charge in [0.05, 0.1) is 12.0 Å². The molecule has 23 heavy (non-hydrogen) atoms. The Hall–Kier alpha value is -1.89. The van der Waals surface area contributed by atoms with Crippen LogP contribution in [0.2, 0.25) is 0 Å². The average molecular weight is 389 g/mol. The number of aryl methyl sites for hydroxylation is 2. The number of nitrogens with zero attached hydrogens (tertiary/aromatic N) is 1. The van der Waals surface area contributed by atoms with Crippen molar-refractivity contribution in [2.75, 3.05) is 5.32 Å². The lowest BCUT2D eigenvalue weighted by atomic mass is 10.2. The van der Waals surface area contributed by atoms with Gasteiger partial charge in [0.1, 0.15) is 0 Å². The first kappa shape index (κ1) is 19.2. The summed E-state index contributed by atoms with van der Waals surface area (Å²) in [5.41, 5.74) is 0.483. The van der Waals surface area contributed by atoms with Crippen LogP contribution in [0.4, 0.5) is 18.9 Å². The van der Waals surface area contributed by atoms with Gasteiger partial charge in [-0.25, -0.2) is 4.57 Å². The lowest BCUT2D eigenvalue weighted by Gasteiger charge is -2.09. The third kappa shape index (κ3) is 6.02. The van der Waals surface area contributed by atoms with E-state index in [9.17, 15) is 18.0 Å². The molecule has 0 saturated heterocycles. The number of amides is 1. The maximum Gasteiger partial charge on any atom is 0.416 e. The van der Waals surface area contributed by atoms with Crippen LogP contribution >= 0.6 is 0 Å². The second kappa shape index (κ2) is 8.10. The molecule has 1 aromatic heterocycles. The molecule has 1 heterocycles. The van der Waals surface area contributed by atoms with E-state index in [4.69, 9.17) is 0 Å². The van der Waals surface area contributed by atoms with Crippen molar-refractivity contribution in [3.63, 3.8) is 0 Å². The molecule has 1 amide bonds. The highest BCUT2D eigenvalue weighted by atomic mass is 79.9. The van der Waals surface area contributed by atoms with E-state index in [1.54, 1.807) is 0 Å². The van der Waals surface area contributed by atoms with Gasteiger partial charge < -0.3 is 22.3 Å². The fourth-order valence-electron chi connectivity index (χ4n) is 1.91. The fourth-order valence-corrected chi connectivity index (χ4v) is 1.91. The van der Waals surface area contributed by atoms with Crippen molar-refractivity contribution in [2.45, 2.75) is 26.1 Å². The van der Waals surface area contributed by atoms with E-state index < -0.39 is 11.7 Å². The molecule has 0 spiro atoms. The van der Waals surface area contributed by atoms with Gasteiger partial charge in [-0.15, -0.1) is 0 Å². The van der Waals surface area contributed by atoms with Gasteiger partial charge in [0.2, 0.25) is 5.91 Å². The number of hydrogen-bond acceptors (Lipinski definition) is 1. The standard InChI is InChI=1S/C16H15F3N2O.BrH/c1-12-5-8-21(9-6-12)10-7-15(22)20-14-4-2-3-13(11-14)16(17,18)19;/h2-6,8-9,11H,7,10H2,1H3;1H. The highest BCUT2D eigenvalue weighted by Crippen LogP contribution is 2.30. The molecule has 0 radical (unpaired) electrons. The Morgan fingerprint density at radius 3 is 2.43 bits per heavy atom. The average Bonchev–Trinajstić information content (AvgIpc) is 2.46. The molecular weight excluding hydrogens is 373 g/mol. The van der Waals surface area contributed by atoms with E-state index in [-0.39, 0.29) is 35.0 Å². The third-order valence-corrected chi connectivity index (χ3v) is 3.13. The van der Waals surface area contributed by atoms with Crippen molar-refractivity contribution in [1.82, 2.24) is 0 Å². The molecule has 0 atom stereocenters. The molecule has 0 saturated carbocycles. The molecule has 0 fully saturated rings. The van der Waals surface area contributed by atoms with Gasteiger partial charge in [0, 0.05) is 17.8 Å². The maximum atomic E-state index is 12.6. The summed E-state index contributed by atoms with van der Waals surface area (Å²) in [4.78, 5) is 11.8. The van der Waals surface area contributed by atoms with Crippen molar-refractivity contribution >= 4 is 11.6 Å². The van der Waals surface area contributed by atoms with E-state index in [0.29, 0.717) is 6.54 Å². The molecule has 0 aliphatic carbocycles. The van der Waals surface area contributed by atoms with Crippen LogP contribution in [0, 0.1) is 6.92 Å². The summed E-state index contributed by atoms with van der Waals surface area (Å²) in [5.74, 6) is -0.326. The van der Waals surface area contributed by atoms with Crippen molar-refractivity contribution in [1.29, 1.82) is 0 Å². The normalized spacial score (nSPS) is 10.8. The summed E-state index contributed by atoms with van der Waals surface area (Å²) in [7, 11) is 0. The number of carbonyl (C=O) groups excluding carboxylic acids is 1. The molecule has 3 nitrogen and oxygen atoms in total. The van der Waals surface area contributed by atoms with Crippen LogP contribution in [0.25, 0.3) is 0 Å². The second-order valence-corrected chi connectivity index (χ2v) is 4.99. The largest absolute Gasteiger partial charge is 1.00 e. The monoisotopic (exact) mass is 388 g/mol. The molecule has 0 bridgehead atoms. The van der Waals surface area contributed by atoms with Crippen molar-refractivity contribution in [3.8, 4) is 0 Å². The molecule has 2 aromatic rings. The van der Waals surface area contributed by atoms with Crippen LogP contribution in [-0.4, -0.2) is 5.91 Å². The van der Waals surface area contributed by atoms with Crippen LogP contribution in [0.1, 0.15) is 17.5 Å². The van der Waals surface area contributed by atoms with Gasteiger partial charge in [0.15, 0.2) is 18.9 Å². The van der Waals surface area contributed by atoms with Crippen LogP contribution in [0.5, 0.6) is 0 Å². The Bertz CT molecular complexity index is 657. The number of rotatable bonds is 4. The van der Waals surface area contributed by atoms with Crippen LogP contribution in [0.3, 0.4) is 0 Å². The molecule has 7 heteroatoms. The van der Waals surface area contributed by atoms with E-state index in [1.165, 1.54) is 12.1 Å². The summed E-state index contributed by atoms with van der Waals surface area (Å²) in [6.07, 6.45) is -0.526. The number of anilines is 1. The lowest BCUT2D eigenvalue weighted by Crippen LogP contribution is -3.00. The van der Waals surface area contributed by atoms with Gasteiger partial charge in [-0.05, 0) is 30.7 Å². The van der Waals surface area contributed by atoms with Gasteiger partial charge in [0.25, 0.3) is 0 Å². The van der Waals surface area contributed by atoms with Crippen LogP contribution < -0.4 is 26.9 Å². The Morgan fingerprint density at radius 1 is 1.17 bits per heavy atom. The zero-order valence-electron chi connectivity index (χ0n) is 12.4. The Morgan fingerprint density at radius 2 is 1.83 bits per heavy atom. The molecule has 124 valence electrons. The number of carbonyl (C=O) groups is 1. The zero-order chi connectivity index (χ0) is 16.2. The molecule has 0 aliphatic heterocycles. The van der Waals surface area contributed by atoms with Crippen LogP contribution in [-0.2, 0) is 17.5 Å². The second-order valence-electron chi connectivity index (χ2n) is 4.99. The van der Waals surface area contributed by atoms with Crippen LogP contribution in [0.15, 0.2) is 48.8 Å². The minimum Gasteiger partial charge on any atom is -1.00 e. The topological polar surface area (TPSA) is 33.0 Å². The summed E-state index contributed by atoms with van der Waals surface area (Å²) in [6.45, 7) is 2.43. The number of benzene rings is 1. The third-order valence-electron chi connectivity index (χ3n) is 3.13. The molecule has 2 rings (SSSR count). The number of nitrogens with one attached hydrogen (secondary N) is 1. The van der Waals surface area contributed by atoms with Gasteiger partial charge >= 0.3 is 6.18 Å². The smallest absolute Gasteiger partial charge is 0.416 e. The Kier molecular flexibility index (Phi) is 6.75.